The van der Waals surface area contributed by atoms with Gasteiger partial charge in [0.2, 0.25) is 0 Å². The lowest BCUT2D eigenvalue weighted by Crippen LogP contribution is -2.26. The molecule has 0 aliphatic rings. The fourth-order valence-corrected chi connectivity index (χ4v) is 4.93. The van der Waals surface area contributed by atoms with Crippen LogP contribution in [-0.2, 0) is 26.1 Å². The highest BCUT2D eigenvalue weighted by Crippen LogP contribution is 2.27. The lowest BCUT2D eigenvalue weighted by molar-refractivity contribution is 0.0949. The number of carbonyl (C=O) groups is 1. The van der Waals surface area contributed by atoms with Crippen LogP contribution in [-0.4, -0.2) is 36.6 Å². The number of rotatable bonds is 12. The summed E-state index contributed by atoms with van der Waals surface area (Å²) >= 11 is 7.49. The molecule has 0 aliphatic heterocycles. The van der Waals surface area contributed by atoms with Gasteiger partial charge in [0.1, 0.15) is 16.5 Å². The van der Waals surface area contributed by atoms with E-state index in [1.54, 1.807) is 31.7 Å². The van der Waals surface area contributed by atoms with E-state index in [2.05, 4.69) is 15.2 Å². The Bertz CT molecular complexity index is 1300. The number of carbonyl (C=O) groups excluding carboxylic acids is 1. The van der Waals surface area contributed by atoms with E-state index in [1.165, 1.54) is 23.5 Å². The van der Waals surface area contributed by atoms with Gasteiger partial charge in [0.15, 0.2) is 11.5 Å². The summed E-state index contributed by atoms with van der Waals surface area (Å²) in [4.78, 5) is 19.5. The molecule has 3 aromatic carbocycles. The van der Waals surface area contributed by atoms with Crippen molar-refractivity contribution >= 4 is 28.8 Å². The van der Waals surface area contributed by atoms with Gasteiger partial charge >= 0.3 is 0 Å². The lowest BCUT2D eigenvalue weighted by atomic mass is 10.1. The molecule has 0 fully saturated rings. The van der Waals surface area contributed by atoms with Crippen molar-refractivity contribution in [2.45, 2.75) is 26.1 Å². The first-order valence-corrected chi connectivity index (χ1v) is 13.3. The van der Waals surface area contributed by atoms with Crippen molar-refractivity contribution in [3.05, 3.63) is 110 Å². The molecule has 1 amide bonds. The van der Waals surface area contributed by atoms with Crippen LogP contribution in [0.25, 0.3) is 0 Å². The number of hydrogen-bond donors (Lipinski definition) is 1. The maximum Gasteiger partial charge on any atom is 0.270 e. The number of nitrogens with one attached hydrogen (secondary N) is 1. The van der Waals surface area contributed by atoms with Crippen LogP contribution in [0.3, 0.4) is 0 Å². The number of aromatic nitrogens is 1. The molecule has 9 heteroatoms. The first kappa shape index (κ1) is 27.6. The largest absolute Gasteiger partial charge is 0.493 e. The van der Waals surface area contributed by atoms with Crippen molar-refractivity contribution in [3.63, 3.8) is 0 Å². The summed E-state index contributed by atoms with van der Waals surface area (Å²) in [5.41, 5.74) is 3.51. The van der Waals surface area contributed by atoms with Crippen LogP contribution >= 0.6 is 22.9 Å². The van der Waals surface area contributed by atoms with Gasteiger partial charge in [-0.2, -0.15) is 0 Å². The molecule has 0 spiro atoms. The molecule has 0 radical (unpaired) electrons. The van der Waals surface area contributed by atoms with E-state index < -0.39 is 0 Å². The zero-order valence-corrected chi connectivity index (χ0v) is 22.8. The first-order valence-electron chi connectivity index (χ1n) is 12.1. The van der Waals surface area contributed by atoms with Crippen molar-refractivity contribution in [3.8, 4) is 11.5 Å². The molecule has 0 aliphatic carbocycles. The Morgan fingerprint density at radius 2 is 1.55 bits per heavy atom. The number of ether oxygens (including phenoxy) is 2. The summed E-state index contributed by atoms with van der Waals surface area (Å²) in [5, 5.41) is 6.23. The van der Waals surface area contributed by atoms with Crippen molar-refractivity contribution in [2.24, 2.45) is 0 Å². The van der Waals surface area contributed by atoms with Gasteiger partial charge in [-0.25, -0.2) is 9.37 Å². The highest BCUT2D eigenvalue weighted by Gasteiger charge is 2.15. The molecule has 0 unspecified atom stereocenters. The smallest absolute Gasteiger partial charge is 0.270 e. The van der Waals surface area contributed by atoms with Gasteiger partial charge in [-0.05, 0) is 59.5 Å². The van der Waals surface area contributed by atoms with Crippen LogP contribution in [0.2, 0.25) is 5.02 Å². The van der Waals surface area contributed by atoms with E-state index in [1.807, 2.05) is 42.5 Å². The van der Waals surface area contributed by atoms with E-state index in [-0.39, 0.29) is 11.7 Å². The van der Waals surface area contributed by atoms with E-state index in [4.69, 9.17) is 21.1 Å². The lowest BCUT2D eigenvalue weighted by Gasteiger charge is -2.21. The Morgan fingerprint density at radius 1 is 0.921 bits per heavy atom. The Hall–Kier alpha value is -3.46. The zero-order chi connectivity index (χ0) is 26.9. The second kappa shape index (κ2) is 13.4. The average molecular weight is 554 g/mol. The number of methoxy groups -OCH3 is 2. The molecule has 4 rings (SSSR count). The number of nitrogens with zero attached hydrogens (tertiary/aromatic N) is 2. The van der Waals surface area contributed by atoms with Gasteiger partial charge in [0.25, 0.3) is 5.91 Å². The predicted molar refractivity (Wildman–Crippen MR) is 149 cm³/mol. The Balaban J connectivity index is 1.37. The minimum atomic E-state index is -0.264. The summed E-state index contributed by atoms with van der Waals surface area (Å²) < 4.78 is 24.0. The van der Waals surface area contributed by atoms with Crippen molar-refractivity contribution in [2.75, 3.05) is 20.8 Å². The molecule has 0 saturated heterocycles. The fourth-order valence-electron chi connectivity index (χ4n) is 3.99. The maximum absolute atomic E-state index is 13.4. The van der Waals surface area contributed by atoms with E-state index in [9.17, 15) is 9.18 Å². The van der Waals surface area contributed by atoms with Crippen LogP contribution in [0.4, 0.5) is 4.39 Å². The van der Waals surface area contributed by atoms with Crippen molar-refractivity contribution in [1.29, 1.82) is 0 Å². The molecule has 38 heavy (non-hydrogen) atoms. The maximum atomic E-state index is 13.4. The molecule has 4 aromatic rings. The molecule has 1 heterocycles. The second-order valence-electron chi connectivity index (χ2n) is 8.72. The van der Waals surface area contributed by atoms with Gasteiger partial charge in [-0.1, -0.05) is 41.9 Å². The highest BCUT2D eigenvalue weighted by atomic mass is 35.5. The number of amides is 1. The van der Waals surface area contributed by atoms with Crippen LogP contribution in [0, 0.1) is 5.82 Å². The van der Waals surface area contributed by atoms with Crippen molar-refractivity contribution in [1.82, 2.24) is 15.2 Å². The standard InChI is InChI=1S/C29H29ClFN3O3S/c1-36-26-12-7-20(15-27(26)37-2)13-14-32-29(35)25-19-38-28(33-25)18-34(16-21-3-8-23(30)9-4-21)17-22-5-10-24(31)11-6-22/h3-12,15,19H,13-14,16-18H2,1-2H3,(H,32,35). The molecule has 1 aromatic heterocycles. The molecule has 0 saturated carbocycles. The third kappa shape index (κ3) is 7.77. The molecule has 1 N–H and O–H groups in total. The van der Waals surface area contributed by atoms with Gasteiger partial charge < -0.3 is 14.8 Å². The average Bonchev–Trinajstić information content (AvgIpc) is 3.39. The van der Waals surface area contributed by atoms with Crippen molar-refractivity contribution < 1.29 is 18.7 Å². The summed E-state index contributed by atoms with van der Waals surface area (Å²) in [6.07, 6.45) is 0.648. The zero-order valence-electron chi connectivity index (χ0n) is 21.2. The molecule has 198 valence electrons. The molecular weight excluding hydrogens is 525 g/mol. The minimum Gasteiger partial charge on any atom is -0.493 e. The molecule has 0 bridgehead atoms. The highest BCUT2D eigenvalue weighted by molar-refractivity contribution is 7.09. The van der Waals surface area contributed by atoms with E-state index in [0.29, 0.717) is 54.8 Å². The summed E-state index contributed by atoms with van der Waals surface area (Å²) in [6.45, 7) is 2.27. The summed E-state index contributed by atoms with van der Waals surface area (Å²) in [5.74, 6) is 0.847. The van der Waals surface area contributed by atoms with E-state index >= 15 is 0 Å². The van der Waals surface area contributed by atoms with Gasteiger partial charge in [0.05, 0.1) is 20.8 Å². The normalized spacial score (nSPS) is 11.0. The van der Waals surface area contributed by atoms with Crippen LogP contribution in [0.1, 0.15) is 32.2 Å². The minimum absolute atomic E-state index is 0.212. The Morgan fingerprint density at radius 3 is 2.21 bits per heavy atom. The van der Waals surface area contributed by atoms with Gasteiger partial charge in [-0.3, -0.25) is 9.69 Å². The van der Waals surface area contributed by atoms with E-state index in [0.717, 1.165) is 21.7 Å². The molecule has 6 nitrogen and oxygen atoms in total. The monoisotopic (exact) mass is 553 g/mol. The second-order valence-corrected chi connectivity index (χ2v) is 10.1. The van der Waals surface area contributed by atoms with Gasteiger partial charge in [0, 0.05) is 30.0 Å². The number of benzene rings is 3. The SMILES string of the molecule is COc1ccc(CCNC(=O)c2csc(CN(Cc3ccc(F)cc3)Cc3ccc(Cl)cc3)n2)cc1OC. The molecular formula is C29H29ClFN3O3S. The summed E-state index contributed by atoms with van der Waals surface area (Å²) in [6, 6.07) is 19.9. The Labute approximate surface area is 231 Å². The predicted octanol–water partition coefficient (Wildman–Crippen LogP) is 6.13. The number of hydrogen-bond acceptors (Lipinski definition) is 6. The first-order chi connectivity index (χ1) is 18.4. The Kier molecular flexibility index (Phi) is 9.70. The number of halogens is 2. The molecule has 0 atom stereocenters. The van der Waals surface area contributed by atoms with Crippen LogP contribution in [0.5, 0.6) is 11.5 Å². The number of thiazole rings is 1. The van der Waals surface area contributed by atoms with Crippen LogP contribution < -0.4 is 14.8 Å². The fraction of sp³-hybridized carbons (Fsp3) is 0.241. The third-order valence-corrected chi connectivity index (χ3v) is 7.01. The topological polar surface area (TPSA) is 63.7 Å². The third-order valence-electron chi connectivity index (χ3n) is 5.93. The summed E-state index contributed by atoms with van der Waals surface area (Å²) in [7, 11) is 3.19. The quantitative estimate of drug-likeness (QED) is 0.229. The van der Waals surface area contributed by atoms with Crippen LogP contribution in [0.15, 0.2) is 72.1 Å². The van der Waals surface area contributed by atoms with Gasteiger partial charge in [-0.15, -0.1) is 11.3 Å².